The third-order valence-corrected chi connectivity index (χ3v) is 1.29. The van der Waals surface area contributed by atoms with Crippen molar-refractivity contribution in [3.63, 3.8) is 0 Å². The van der Waals surface area contributed by atoms with Gasteiger partial charge in [-0.3, -0.25) is 4.79 Å². The van der Waals surface area contributed by atoms with Crippen LogP contribution in [0.2, 0.25) is 0 Å². The first-order valence-electron chi connectivity index (χ1n) is 4.08. The van der Waals surface area contributed by atoms with Crippen LogP contribution in [0.25, 0.3) is 0 Å². The molecule has 0 aliphatic rings. The van der Waals surface area contributed by atoms with Crippen LogP contribution in [0.5, 0.6) is 0 Å². The first kappa shape index (κ1) is 11.7. The number of esters is 1. The molecule has 4 heteroatoms. The molecule has 0 bridgehead atoms. The molecule has 0 unspecified atom stereocenters. The van der Waals surface area contributed by atoms with Gasteiger partial charge in [0.25, 0.3) is 0 Å². The van der Waals surface area contributed by atoms with Crippen LogP contribution in [0, 0.1) is 0 Å². The van der Waals surface area contributed by atoms with Crippen molar-refractivity contribution in [2.24, 2.45) is 0 Å². The zero-order valence-electron chi connectivity index (χ0n) is 7.75. The number of unbranched alkanes of at least 4 members (excludes halogenated alkanes) is 1. The van der Waals surface area contributed by atoms with Gasteiger partial charge in [-0.1, -0.05) is 6.58 Å². The first-order chi connectivity index (χ1) is 6.18. The summed E-state index contributed by atoms with van der Waals surface area (Å²) in [5.41, 5.74) is 0. The van der Waals surface area contributed by atoms with Gasteiger partial charge in [0, 0.05) is 6.92 Å². The summed E-state index contributed by atoms with van der Waals surface area (Å²) < 4.78 is 9.46. The van der Waals surface area contributed by atoms with E-state index in [0.29, 0.717) is 13.0 Å². The zero-order valence-corrected chi connectivity index (χ0v) is 7.75. The smallest absolute Gasteiger partial charge is 0.374 e. The number of rotatable bonds is 7. The molecular weight excluding hydrogens is 172 g/mol. The topological polar surface area (TPSA) is 52.6 Å². The third-order valence-electron chi connectivity index (χ3n) is 1.29. The molecule has 0 aromatic heterocycles. The van der Waals surface area contributed by atoms with E-state index in [-0.39, 0.29) is 6.61 Å². The molecule has 0 aliphatic heterocycles. The molecule has 0 saturated heterocycles. The van der Waals surface area contributed by atoms with Crippen LogP contribution >= 0.6 is 0 Å². The highest BCUT2D eigenvalue weighted by atomic mass is 16.5. The highest BCUT2D eigenvalue weighted by molar-refractivity contribution is 6.32. The molecule has 13 heavy (non-hydrogen) atoms. The normalized spacial score (nSPS) is 9.00. The largest absolute Gasteiger partial charge is 0.502 e. The summed E-state index contributed by atoms with van der Waals surface area (Å²) in [5.74, 6) is -1.34. The van der Waals surface area contributed by atoms with Crippen molar-refractivity contribution in [3.05, 3.63) is 12.8 Å². The number of carbonyl (C=O) groups excluding carboxylic acids is 2. The lowest BCUT2D eigenvalue weighted by atomic mass is 10.3. The Labute approximate surface area is 77.5 Å². The lowest BCUT2D eigenvalue weighted by molar-refractivity contribution is -0.153. The van der Waals surface area contributed by atoms with Gasteiger partial charge >= 0.3 is 5.97 Å². The van der Waals surface area contributed by atoms with Crippen LogP contribution < -0.4 is 0 Å². The van der Waals surface area contributed by atoms with Gasteiger partial charge in [-0.2, -0.15) is 0 Å². The molecule has 0 N–H and O–H groups in total. The zero-order chi connectivity index (χ0) is 10.1. The molecule has 0 spiro atoms. The number of hydrogen-bond donors (Lipinski definition) is 0. The van der Waals surface area contributed by atoms with E-state index in [4.69, 9.17) is 4.74 Å². The molecule has 0 aromatic carbocycles. The summed E-state index contributed by atoms with van der Waals surface area (Å²) >= 11 is 0. The van der Waals surface area contributed by atoms with E-state index in [2.05, 4.69) is 11.3 Å². The van der Waals surface area contributed by atoms with Gasteiger partial charge in [0.15, 0.2) is 0 Å². The predicted molar refractivity (Wildman–Crippen MR) is 47.0 cm³/mol. The van der Waals surface area contributed by atoms with Crippen molar-refractivity contribution >= 4 is 11.8 Å². The van der Waals surface area contributed by atoms with E-state index in [1.807, 2.05) is 0 Å². The van der Waals surface area contributed by atoms with Crippen LogP contribution in [-0.2, 0) is 19.1 Å². The van der Waals surface area contributed by atoms with E-state index in [1.54, 1.807) is 0 Å². The second-order valence-corrected chi connectivity index (χ2v) is 2.44. The van der Waals surface area contributed by atoms with Gasteiger partial charge in [0.05, 0.1) is 19.5 Å². The quantitative estimate of drug-likeness (QED) is 0.258. The van der Waals surface area contributed by atoms with Crippen LogP contribution in [0.1, 0.15) is 19.8 Å². The summed E-state index contributed by atoms with van der Waals surface area (Å²) in [6.07, 6.45) is 2.83. The Morgan fingerprint density at radius 1 is 1.31 bits per heavy atom. The van der Waals surface area contributed by atoms with Gasteiger partial charge in [0.1, 0.15) is 0 Å². The van der Waals surface area contributed by atoms with Crippen molar-refractivity contribution in [2.45, 2.75) is 19.8 Å². The number of hydrogen-bond acceptors (Lipinski definition) is 4. The standard InChI is InChI=1S/C9H14O4/c1-3-12-6-4-5-7-13-9(11)8(2)10/h3H,1,4-7H2,2H3. The Morgan fingerprint density at radius 2 is 1.92 bits per heavy atom. The van der Waals surface area contributed by atoms with Crippen molar-refractivity contribution in [2.75, 3.05) is 13.2 Å². The summed E-state index contributed by atoms with van der Waals surface area (Å²) in [5, 5.41) is 0. The van der Waals surface area contributed by atoms with Crippen LogP contribution in [-0.4, -0.2) is 25.0 Å². The van der Waals surface area contributed by atoms with Gasteiger partial charge < -0.3 is 9.47 Å². The lowest BCUT2D eigenvalue weighted by Gasteiger charge is -2.02. The van der Waals surface area contributed by atoms with E-state index < -0.39 is 11.8 Å². The van der Waals surface area contributed by atoms with Crippen molar-refractivity contribution < 1.29 is 19.1 Å². The van der Waals surface area contributed by atoms with Crippen molar-refractivity contribution in [1.82, 2.24) is 0 Å². The minimum Gasteiger partial charge on any atom is -0.502 e. The second kappa shape index (κ2) is 7.34. The average molecular weight is 186 g/mol. The minimum atomic E-state index is -0.773. The summed E-state index contributed by atoms with van der Waals surface area (Å²) in [4.78, 5) is 21.0. The van der Waals surface area contributed by atoms with Crippen LogP contribution in [0.4, 0.5) is 0 Å². The monoisotopic (exact) mass is 186 g/mol. The Kier molecular flexibility index (Phi) is 6.59. The van der Waals surface area contributed by atoms with Gasteiger partial charge in [-0.05, 0) is 12.8 Å². The number of ketones is 1. The molecule has 4 nitrogen and oxygen atoms in total. The first-order valence-corrected chi connectivity index (χ1v) is 4.08. The molecule has 0 radical (unpaired) electrons. The molecule has 0 amide bonds. The fourth-order valence-electron chi connectivity index (χ4n) is 0.637. The SMILES string of the molecule is C=COCCCCOC(=O)C(C)=O. The molecule has 0 fully saturated rings. The van der Waals surface area contributed by atoms with Crippen LogP contribution in [0.3, 0.4) is 0 Å². The molecule has 0 aromatic rings. The fraction of sp³-hybridized carbons (Fsp3) is 0.556. The maximum atomic E-state index is 10.6. The Balaban J connectivity index is 3.21. The maximum Gasteiger partial charge on any atom is 0.374 e. The van der Waals surface area contributed by atoms with Crippen molar-refractivity contribution in [1.29, 1.82) is 0 Å². The fourth-order valence-corrected chi connectivity index (χ4v) is 0.637. The Hall–Kier alpha value is -1.32. The molecule has 0 aliphatic carbocycles. The lowest BCUT2D eigenvalue weighted by Crippen LogP contribution is -2.14. The Bertz CT molecular complexity index is 186. The number of carbonyl (C=O) groups is 2. The van der Waals surface area contributed by atoms with E-state index in [9.17, 15) is 9.59 Å². The molecule has 0 rings (SSSR count). The van der Waals surface area contributed by atoms with Gasteiger partial charge in [0.2, 0.25) is 5.78 Å². The summed E-state index contributed by atoms with van der Waals surface area (Å²) in [7, 11) is 0. The second-order valence-electron chi connectivity index (χ2n) is 2.44. The highest BCUT2D eigenvalue weighted by Gasteiger charge is 2.07. The average Bonchev–Trinajstić information content (AvgIpc) is 2.10. The maximum absolute atomic E-state index is 10.6. The minimum absolute atomic E-state index is 0.263. The molecule has 0 saturated carbocycles. The number of ether oxygens (including phenoxy) is 2. The van der Waals surface area contributed by atoms with E-state index >= 15 is 0 Å². The number of Topliss-reactive ketones (excluding diaryl/α,β-unsaturated/α-hetero) is 1. The highest BCUT2D eigenvalue weighted by Crippen LogP contribution is 1.92. The van der Waals surface area contributed by atoms with Crippen LogP contribution in [0.15, 0.2) is 12.8 Å². The third kappa shape index (κ3) is 7.05. The Morgan fingerprint density at radius 3 is 2.46 bits per heavy atom. The predicted octanol–water partition coefficient (Wildman–Crippen LogP) is 1.06. The van der Waals surface area contributed by atoms with E-state index in [0.717, 1.165) is 6.42 Å². The summed E-state index contributed by atoms with van der Waals surface area (Å²) in [6.45, 7) is 5.38. The molecule has 0 heterocycles. The van der Waals surface area contributed by atoms with Gasteiger partial charge in [-0.25, -0.2) is 4.79 Å². The summed E-state index contributed by atoms with van der Waals surface area (Å²) in [6, 6.07) is 0. The van der Waals surface area contributed by atoms with Gasteiger partial charge in [-0.15, -0.1) is 0 Å². The molecule has 74 valence electrons. The molecule has 0 atom stereocenters. The molecular formula is C9H14O4. The van der Waals surface area contributed by atoms with Crippen molar-refractivity contribution in [3.8, 4) is 0 Å². The van der Waals surface area contributed by atoms with E-state index in [1.165, 1.54) is 13.2 Å².